The summed E-state index contributed by atoms with van der Waals surface area (Å²) in [5.74, 6) is -0.570. The van der Waals surface area contributed by atoms with Crippen LogP contribution < -0.4 is 21.1 Å². The average Bonchev–Trinajstić information content (AvgIpc) is 2.52. The van der Waals surface area contributed by atoms with E-state index in [1.807, 2.05) is 13.8 Å². The van der Waals surface area contributed by atoms with Crippen LogP contribution in [0.15, 0.2) is 24.3 Å². The van der Waals surface area contributed by atoms with Crippen LogP contribution in [0.2, 0.25) is 0 Å². The molecule has 2 rings (SSSR count). The average molecular weight is 355 g/mol. The summed E-state index contributed by atoms with van der Waals surface area (Å²) in [5.41, 5.74) is 5.36. The third-order valence-corrected chi connectivity index (χ3v) is 3.96. The second-order valence-corrected chi connectivity index (χ2v) is 6.43. The largest absolute Gasteiger partial charge is 0.364 e. The smallest absolute Gasteiger partial charge is 0.244 e. The van der Waals surface area contributed by atoms with Crippen LogP contribution in [0.5, 0.6) is 0 Å². The van der Waals surface area contributed by atoms with Gasteiger partial charge in [-0.3, -0.25) is 15.6 Å². The minimum Gasteiger partial charge on any atom is -0.364 e. The number of quaternary nitrogens is 1. The first-order chi connectivity index (χ1) is 11.4. The molecule has 24 heavy (non-hydrogen) atoms. The van der Waals surface area contributed by atoms with Gasteiger partial charge in [0.15, 0.2) is 5.11 Å². The van der Waals surface area contributed by atoms with Crippen molar-refractivity contribution in [3.05, 3.63) is 30.1 Å². The second kappa shape index (κ2) is 8.91. The summed E-state index contributed by atoms with van der Waals surface area (Å²) in [6, 6.07) is 6.18. The SMILES string of the molecule is C[C@@H]1C[NH+](CCC(=O)NNC(=S)Nc2ccccc2F)C[C@H](C)O1. The monoisotopic (exact) mass is 355 g/mol. The quantitative estimate of drug-likeness (QED) is 0.460. The number of thiocarbonyl (C=S) groups is 1. The van der Waals surface area contributed by atoms with Gasteiger partial charge in [-0.15, -0.1) is 0 Å². The fourth-order valence-electron chi connectivity index (χ4n) is 2.79. The van der Waals surface area contributed by atoms with Crippen LogP contribution in [0, 0.1) is 5.82 Å². The van der Waals surface area contributed by atoms with Gasteiger partial charge in [-0.1, -0.05) is 12.1 Å². The van der Waals surface area contributed by atoms with E-state index >= 15 is 0 Å². The van der Waals surface area contributed by atoms with Crippen molar-refractivity contribution in [2.75, 3.05) is 25.0 Å². The first-order valence-electron chi connectivity index (χ1n) is 8.03. The van der Waals surface area contributed by atoms with Crippen LogP contribution in [0.3, 0.4) is 0 Å². The molecule has 6 nitrogen and oxygen atoms in total. The van der Waals surface area contributed by atoms with E-state index in [0.29, 0.717) is 6.42 Å². The second-order valence-electron chi connectivity index (χ2n) is 6.02. The summed E-state index contributed by atoms with van der Waals surface area (Å²) in [5, 5.41) is 2.83. The zero-order valence-corrected chi connectivity index (χ0v) is 14.7. The maximum Gasteiger partial charge on any atom is 0.244 e. The van der Waals surface area contributed by atoms with E-state index in [1.54, 1.807) is 18.2 Å². The number of carbonyl (C=O) groups excluding carboxylic acids is 1. The maximum atomic E-state index is 13.5. The Morgan fingerprint density at radius 1 is 1.29 bits per heavy atom. The molecule has 1 aromatic carbocycles. The van der Waals surface area contributed by atoms with Crippen molar-refractivity contribution in [1.29, 1.82) is 0 Å². The molecule has 4 N–H and O–H groups in total. The maximum absolute atomic E-state index is 13.5. The topological polar surface area (TPSA) is 66.8 Å². The molecule has 1 aromatic rings. The molecule has 1 saturated heterocycles. The van der Waals surface area contributed by atoms with Crippen molar-refractivity contribution < 1.29 is 18.8 Å². The van der Waals surface area contributed by atoms with Crippen LogP contribution in [-0.4, -0.2) is 42.9 Å². The van der Waals surface area contributed by atoms with Crippen molar-refractivity contribution in [2.24, 2.45) is 0 Å². The summed E-state index contributed by atoms with van der Waals surface area (Å²) >= 11 is 5.03. The zero-order valence-electron chi connectivity index (χ0n) is 13.9. The minimum atomic E-state index is -0.410. The molecule has 1 aliphatic heterocycles. The number of anilines is 1. The number of rotatable bonds is 4. The summed E-state index contributed by atoms with van der Waals surface area (Å²) < 4.78 is 19.2. The number of hydrogen-bond donors (Lipinski definition) is 4. The molecule has 1 unspecified atom stereocenters. The molecule has 0 radical (unpaired) electrons. The number of ether oxygens (including phenoxy) is 1. The summed E-state index contributed by atoms with van der Waals surface area (Å²) in [6.07, 6.45) is 0.800. The number of morpholine rings is 1. The summed E-state index contributed by atoms with van der Waals surface area (Å²) in [4.78, 5) is 13.2. The van der Waals surface area contributed by atoms with Crippen molar-refractivity contribution in [2.45, 2.75) is 32.5 Å². The van der Waals surface area contributed by atoms with Gasteiger partial charge in [-0.2, -0.15) is 0 Å². The molecule has 1 amide bonds. The number of nitrogens with one attached hydrogen (secondary N) is 4. The van der Waals surface area contributed by atoms with Crippen LogP contribution in [0.4, 0.5) is 10.1 Å². The molecule has 132 valence electrons. The van der Waals surface area contributed by atoms with Crippen LogP contribution in [0.1, 0.15) is 20.3 Å². The molecule has 0 spiro atoms. The highest BCUT2D eigenvalue weighted by molar-refractivity contribution is 7.80. The zero-order chi connectivity index (χ0) is 17.5. The lowest BCUT2D eigenvalue weighted by atomic mass is 10.2. The molecule has 3 atom stereocenters. The lowest BCUT2D eigenvalue weighted by Gasteiger charge is -2.32. The standard InChI is InChI=1S/C16H23FN4O2S/c1-11-9-21(10-12(2)23-11)8-7-15(22)19-20-16(24)18-14-6-4-3-5-13(14)17/h3-6,11-12H,7-10H2,1-2H3,(H,19,22)(H2,18,20,24)/p+1/t11-,12+. The van der Waals surface area contributed by atoms with Gasteiger partial charge in [-0.05, 0) is 38.2 Å². The molecule has 1 fully saturated rings. The normalized spacial score (nSPS) is 23.4. The Kier molecular flexibility index (Phi) is 6.89. The number of carbonyl (C=O) groups is 1. The number of para-hydroxylation sites is 1. The van der Waals surface area contributed by atoms with Crippen molar-refractivity contribution >= 4 is 28.9 Å². The van der Waals surface area contributed by atoms with Gasteiger partial charge in [-0.25, -0.2) is 4.39 Å². The Morgan fingerprint density at radius 2 is 1.96 bits per heavy atom. The number of halogens is 1. The number of hydrogen-bond acceptors (Lipinski definition) is 3. The molecule has 0 saturated carbocycles. The predicted molar refractivity (Wildman–Crippen MR) is 94.1 cm³/mol. The highest BCUT2D eigenvalue weighted by Gasteiger charge is 2.25. The van der Waals surface area contributed by atoms with E-state index in [9.17, 15) is 9.18 Å². The van der Waals surface area contributed by atoms with Gasteiger partial charge in [0.05, 0.1) is 18.7 Å². The fraction of sp³-hybridized carbons (Fsp3) is 0.500. The lowest BCUT2D eigenvalue weighted by Crippen LogP contribution is -3.15. The number of hydrazine groups is 1. The Morgan fingerprint density at radius 3 is 2.62 bits per heavy atom. The highest BCUT2D eigenvalue weighted by Crippen LogP contribution is 2.11. The summed E-state index contributed by atoms with van der Waals surface area (Å²) in [7, 11) is 0. The van der Waals surface area contributed by atoms with Crippen molar-refractivity contribution in [3.8, 4) is 0 Å². The Hall–Kier alpha value is -1.77. The molecule has 0 aliphatic carbocycles. The molecule has 0 bridgehead atoms. The molecular formula is C16H24FN4O2S+. The third kappa shape index (κ3) is 6.03. The molecule has 1 heterocycles. The number of benzene rings is 1. The first kappa shape index (κ1) is 18.6. The van der Waals surface area contributed by atoms with Gasteiger partial charge in [0.25, 0.3) is 0 Å². The van der Waals surface area contributed by atoms with E-state index in [0.717, 1.165) is 19.6 Å². The fourth-order valence-corrected chi connectivity index (χ4v) is 2.95. The summed E-state index contributed by atoms with van der Waals surface area (Å²) in [6.45, 7) is 6.63. The predicted octanol–water partition coefficient (Wildman–Crippen LogP) is 0.226. The van der Waals surface area contributed by atoms with Gasteiger partial charge < -0.3 is 15.0 Å². The Bertz CT molecular complexity index is 577. The molecule has 1 aliphatic rings. The highest BCUT2D eigenvalue weighted by atomic mass is 32.1. The Labute approximate surface area is 146 Å². The van der Waals surface area contributed by atoms with E-state index in [2.05, 4.69) is 16.2 Å². The van der Waals surface area contributed by atoms with Crippen molar-refractivity contribution in [1.82, 2.24) is 10.9 Å². The van der Waals surface area contributed by atoms with E-state index in [-0.39, 0.29) is 28.9 Å². The van der Waals surface area contributed by atoms with Gasteiger partial charge in [0.2, 0.25) is 5.91 Å². The number of amides is 1. The molecule has 0 aromatic heterocycles. The van der Waals surface area contributed by atoms with E-state index in [4.69, 9.17) is 17.0 Å². The van der Waals surface area contributed by atoms with Crippen LogP contribution >= 0.6 is 12.2 Å². The minimum absolute atomic E-state index is 0.134. The first-order valence-corrected chi connectivity index (χ1v) is 8.44. The lowest BCUT2D eigenvalue weighted by molar-refractivity contribution is -0.914. The molecular weight excluding hydrogens is 331 g/mol. The third-order valence-electron chi connectivity index (χ3n) is 3.76. The van der Waals surface area contributed by atoms with Gasteiger partial charge in [0.1, 0.15) is 31.1 Å². The van der Waals surface area contributed by atoms with Gasteiger partial charge in [0, 0.05) is 0 Å². The van der Waals surface area contributed by atoms with E-state index in [1.165, 1.54) is 11.0 Å². The van der Waals surface area contributed by atoms with Crippen LogP contribution in [0.25, 0.3) is 0 Å². The van der Waals surface area contributed by atoms with Crippen molar-refractivity contribution in [3.63, 3.8) is 0 Å². The van der Waals surface area contributed by atoms with Gasteiger partial charge >= 0.3 is 0 Å². The van der Waals surface area contributed by atoms with Crippen LogP contribution in [-0.2, 0) is 9.53 Å². The Balaban J connectivity index is 1.67. The molecule has 8 heteroatoms. The van der Waals surface area contributed by atoms with E-state index < -0.39 is 5.82 Å².